The Labute approximate surface area is 84.1 Å². The van der Waals surface area contributed by atoms with E-state index in [0.717, 1.165) is 6.04 Å². The second-order valence-electron chi connectivity index (χ2n) is 4.31. The van der Waals surface area contributed by atoms with Crippen molar-refractivity contribution in [3.05, 3.63) is 0 Å². The van der Waals surface area contributed by atoms with E-state index < -0.39 is 0 Å². The molecule has 1 fully saturated rings. The molecule has 1 rings (SSSR count). The van der Waals surface area contributed by atoms with Crippen molar-refractivity contribution >= 4 is 7.85 Å². The molecule has 1 N–H and O–H groups in total. The fourth-order valence-corrected chi connectivity index (χ4v) is 2.17. The number of hydrogen-bond acceptors (Lipinski definition) is 1. The van der Waals surface area contributed by atoms with E-state index in [-0.39, 0.29) is 0 Å². The molecule has 0 aromatic heterocycles. The van der Waals surface area contributed by atoms with E-state index in [2.05, 4.69) is 12.4 Å². The maximum Gasteiger partial charge on any atom is 0.0699 e. The van der Waals surface area contributed by atoms with Gasteiger partial charge in [-0.15, -0.1) is 0 Å². The third-order valence-electron chi connectivity index (χ3n) is 3.16. The molecule has 0 atom stereocenters. The maximum absolute atomic E-state index is 5.98. The summed E-state index contributed by atoms with van der Waals surface area (Å²) in [7, 11) is 8.06. The molecule has 0 heterocycles. The third-order valence-corrected chi connectivity index (χ3v) is 3.16. The van der Waals surface area contributed by atoms with E-state index in [1.807, 2.05) is 0 Å². The van der Waals surface area contributed by atoms with E-state index in [1.54, 1.807) is 0 Å². The molecule has 0 aliphatic heterocycles. The molecule has 2 heteroatoms. The lowest BCUT2D eigenvalue weighted by Gasteiger charge is -2.19. The van der Waals surface area contributed by atoms with E-state index in [4.69, 9.17) is 7.85 Å². The number of hydrogen-bond donors (Lipinski definition) is 1. The molecule has 1 saturated carbocycles. The van der Waals surface area contributed by atoms with Crippen molar-refractivity contribution in [3.8, 4) is 0 Å². The van der Waals surface area contributed by atoms with Gasteiger partial charge in [0.15, 0.2) is 0 Å². The summed E-state index contributed by atoms with van der Waals surface area (Å²) in [6.45, 7) is 0. The molecule has 0 amide bonds. The van der Waals surface area contributed by atoms with Gasteiger partial charge in [-0.1, -0.05) is 44.3 Å². The Morgan fingerprint density at radius 1 is 0.923 bits per heavy atom. The standard InChI is InChI=1S/C11H22BN/c1-13-11-8-4-2-6-10(12)7-3-5-9-11/h10-11,13H,2-9H2,1H3. The van der Waals surface area contributed by atoms with Gasteiger partial charge in [-0.2, -0.15) is 0 Å². The van der Waals surface area contributed by atoms with Gasteiger partial charge in [0, 0.05) is 6.04 Å². The minimum atomic E-state index is 0.478. The van der Waals surface area contributed by atoms with Crippen LogP contribution in [0.25, 0.3) is 0 Å². The fourth-order valence-electron chi connectivity index (χ4n) is 2.17. The Hall–Kier alpha value is 0.0249. The monoisotopic (exact) mass is 179 g/mol. The Morgan fingerprint density at radius 2 is 1.38 bits per heavy atom. The van der Waals surface area contributed by atoms with Gasteiger partial charge >= 0.3 is 0 Å². The van der Waals surface area contributed by atoms with Crippen LogP contribution in [0, 0.1) is 0 Å². The van der Waals surface area contributed by atoms with Crippen molar-refractivity contribution in [1.29, 1.82) is 0 Å². The van der Waals surface area contributed by atoms with Crippen LogP contribution >= 0.6 is 0 Å². The van der Waals surface area contributed by atoms with Gasteiger partial charge in [0.25, 0.3) is 0 Å². The van der Waals surface area contributed by atoms with Crippen LogP contribution in [0.2, 0.25) is 5.82 Å². The predicted molar refractivity (Wildman–Crippen MR) is 59.3 cm³/mol. The largest absolute Gasteiger partial charge is 0.317 e. The molecule has 1 aliphatic rings. The van der Waals surface area contributed by atoms with Crippen LogP contribution in [0.3, 0.4) is 0 Å². The van der Waals surface area contributed by atoms with Gasteiger partial charge in [0.1, 0.15) is 0 Å². The first-order valence-corrected chi connectivity index (χ1v) is 5.76. The van der Waals surface area contributed by atoms with Crippen LogP contribution in [-0.4, -0.2) is 20.9 Å². The lowest BCUT2D eigenvalue weighted by molar-refractivity contribution is 0.420. The first-order valence-electron chi connectivity index (χ1n) is 5.76. The van der Waals surface area contributed by atoms with Crippen LogP contribution in [0.15, 0.2) is 0 Å². The Balaban J connectivity index is 2.24. The van der Waals surface area contributed by atoms with Crippen molar-refractivity contribution in [2.75, 3.05) is 7.05 Å². The average Bonchev–Trinajstić information content (AvgIpc) is 2.16. The van der Waals surface area contributed by atoms with Gasteiger partial charge in [0.05, 0.1) is 7.85 Å². The highest BCUT2D eigenvalue weighted by Gasteiger charge is 2.09. The smallest absolute Gasteiger partial charge is 0.0699 e. The number of rotatable bonds is 1. The quantitative estimate of drug-likeness (QED) is 0.610. The maximum atomic E-state index is 5.98. The predicted octanol–water partition coefficient (Wildman–Crippen LogP) is 2.67. The summed E-state index contributed by atoms with van der Waals surface area (Å²) in [5.41, 5.74) is 0. The Bertz CT molecular complexity index is 115. The molecule has 74 valence electrons. The van der Waals surface area contributed by atoms with E-state index >= 15 is 0 Å². The van der Waals surface area contributed by atoms with Crippen molar-refractivity contribution in [2.24, 2.45) is 0 Å². The summed E-state index contributed by atoms with van der Waals surface area (Å²) in [5.74, 6) is 0.478. The highest BCUT2D eigenvalue weighted by atomic mass is 14.9. The van der Waals surface area contributed by atoms with Crippen LogP contribution in [-0.2, 0) is 0 Å². The van der Waals surface area contributed by atoms with Crippen molar-refractivity contribution in [3.63, 3.8) is 0 Å². The minimum absolute atomic E-state index is 0.478. The topological polar surface area (TPSA) is 12.0 Å². The zero-order chi connectivity index (χ0) is 9.52. The molecule has 0 aromatic rings. The summed E-state index contributed by atoms with van der Waals surface area (Å²) < 4.78 is 0. The lowest BCUT2D eigenvalue weighted by Crippen LogP contribution is -2.25. The van der Waals surface area contributed by atoms with Gasteiger partial charge in [-0.25, -0.2) is 0 Å². The van der Waals surface area contributed by atoms with Crippen molar-refractivity contribution < 1.29 is 0 Å². The third kappa shape index (κ3) is 4.71. The normalized spacial score (nSPS) is 32.7. The summed E-state index contributed by atoms with van der Waals surface area (Å²) in [4.78, 5) is 0. The van der Waals surface area contributed by atoms with Crippen molar-refractivity contribution in [1.82, 2.24) is 5.32 Å². The molecule has 1 nitrogen and oxygen atoms in total. The van der Waals surface area contributed by atoms with Crippen LogP contribution in [0.1, 0.15) is 51.4 Å². The van der Waals surface area contributed by atoms with Crippen molar-refractivity contribution in [2.45, 2.75) is 63.2 Å². The fraction of sp³-hybridized carbons (Fsp3) is 1.00. The molecule has 2 radical (unpaired) electrons. The average molecular weight is 179 g/mol. The van der Waals surface area contributed by atoms with Crippen LogP contribution in [0.4, 0.5) is 0 Å². The number of nitrogens with one attached hydrogen (secondary N) is 1. The van der Waals surface area contributed by atoms with Gasteiger partial charge in [-0.05, 0) is 19.9 Å². The van der Waals surface area contributed by atoms with Crippen LogP contribution in [0.5, 0.6) is 0 Å². The molecule has 13 heavy (non-hydrogen) atoms. The summed E-state index contributed by atoms with van der Waals surface area (Å²) >= 11 is 0. The first kappa shape index (κ1) is 11.1. The minimum Gasteiger partial charge on any atom is -0.317 e. The molecule has 0 saturated heterocycles. The second kappa shape index (κ2) is 6.47. The summed E-state index contributed by atoms with van der Waals surface area (Å²) in [6.07, 6.45) is 10.5. The molecular weight excluding hydrogens is 157 g/mol. The molecule has 0 unspecified atom stereocenters. The van der Waals surface area contributed by atoms with Gasteiger partial charge in [-0.3, -0.25) is 0 Å². The highest BCUT2D eigenvalue weighted by molar-refractivity contribution is 6.11. The van der Waals surface area contributed by atoms with Gasteiger partial charge in [0.2, 0.25) is 0 Å². The lowest BCUT2D eigenvalue weighted by atomic mass is 9.78. The summed E-state index contributed by atoms with van der Waals surface area (Å²) in [5, 5.41) is 3.40. The first-order chi connectivity index (χ1) is 6.33. The molecule has 0 aromatic carbocycles. The molecular formula is C11H22BN. The zero-order valence-electron chi connectivity index (χ0n) is 8.89. The molecule has 1 aliphatic carbocycles. The van der Waals surface area contributed by atoms with Crippen LogP contribution < -0.4 is 5.32 Å². The van der Waals surface area contributed by atoms with E-state index in [0.29, 0.717) is 5.82 Å². The summed E-state index contributed by atoms with van der Waals surface area (Å²) in [6, 6.07) is 0.759. The molecule has 0 spiro atoms. The highest BCUT2D eigenvalue weighted by Crippen LogP contribution is 2.22. The van der Waals surface area contributed by atoms with E-state index in [1.165, 1.54) is 51.4 Å². The molecule has 0 bridgehead atoms. The van der Waals surface area contributed by atoms with Gasteiger partial charge < -0.3 is 5.32 Å². The SMILES string of the molecule is [B]C1CCCCC(NC)CCCC1. The van der Waals surface area contributed by atoms with E-state index in [9.17, 15) is 0 Å². The zero-order valence-corrected chi connectivity index (χ0v) is 8.89. The Kier molecular flexibility index (Phi) is 5.53. The second-order valence-corrected chi connectivity index (χ2v) is 4.31. The Morgan fingerprint density at radius 3 is 1.85 bits per heavy atom.